The van der Waals surface area contributed by atoms with Gasteiger partial charge in [0.2, 0.25) is 0 Å². The Morgan fingerprint density at radius 3 is 2.27 bits per heavy atom. The Labute approximate surface area is 90.5 Å². The average Bonchev–Trinajstić information content (AvgIpc) is 2.30. The first kappa shape index (κ1) is 10.6. The smallest absolute Gasteiger partial charge is 0.123 e. The van der Waals surface area contributed by atoms with Gasteiger partial charge in [-0.1, -0.05) is 31.4 Å². The second kappa shape index (κ2) is 4.75. The van der Waals surface area contributed by atoms with Crippen molar-refractivity contribution in [3.05, 3.63) is 35.6 Å². The highest BCUT2D eigenvalue weighted by Gasteiger charge is 2.21. The molecule has 2 rings (SSSR count). The van der Waals surface area contributed by atoms with Crippen LogP contribution in [0.5, 0.6) is 0 Å². The Morgan fingerprint density at radius 2 is 1.67 bits per heavy atom. The quantitative estimate of drug-likeness (QED) is 0.790. The topological polar surface area (TPSA) is 26.0 Å². The summed E-state index contributed by atoms with van der Waals surface area (Å²) in [6.45, 7) is 0. The largest absolute Gasteiger partial charge is 0.324 e. The van der Waals surface area contributed by atoms with E-state index in [1.807, 2.05) is 12.1 Å². The average molecular weight is 207 g/mol. The van der Waals surface area contributed by atoms with Gasteiger partial charge in [0.05, 0.1) is 0 Å². The van der Waals surface area contributed by atoms with Crippen LogP contribution >= 0.6 is 0 Å². The number of rotatable bonds is 2. The molecule has 0 aliphatic heterocycles. The standard InChI is InChI=1S/C13H18FN/c14-12-8-6-11(7-9-12)13(15)10-4-2-1-3-5-10/h6-10,13H,1-5,15H2. The summed E-state index contributed by atoms with van der Waals surface area (Å²) < 4.78 is 12.8. The maximum Gasteiger partial charge on any atom is 0.123 e. The summed E-state index contributed by atoms with van der Waals surface area (Å²) in [5, 5.41) is 0. The number of halogens is 1. The van der Waals surface area contributed by atoms with Crippen LogP contribution in [0.15, 0.2) is 24.3 Å². The summed E-state index contributed by atoms with van der Waals surface area (Å²) in [5.74, 6) is 0.402. The molecule has 1 aromatic carbocycles. The SMILES string of the molecule is NC(c1ccc(F)cc1)C1CCCCC1. The minimum atomic E-state index is -0.186. The van der Waals surface area contributed by atoms with Crippen molar-refractivity contribution in [1.82, 2.24) is 0 Å². The molecule has 1 aromatic rings. The number of benzene rings is 1. The van der Waals surface area contributed by atoms with Crippen LogP contribution in [0.3, 0.4) is 0 Å². The van der Waals surface area contributed by atoms with E-state index < -0.39 is 0 Å². The van der Waals surface area contributed by atoms with Crippen LogP contribution in [0.1, 0.15) is 43.7 Å². The predicted molar refractivity (Wildman–Crippen MR) is 59.9 cm³/mol. The Hall–Kier alpha value is -0.890. The minimum absolute atomic E-state index is 0.0888. The molecule has 15 heavy (non-hydrogen) atoms. The van der Waals surface area contributed by atoms with E-state index in [-0.39, 0.29) is 11.9 Å². The Balaban J connectivity index is 2.05. The van der Waals surface area contributed by atoms with Gasteiger partial charge in [-0.15, -0.1) is 0 Å². The van der Waals surface area contributed by atoms with Gasteiger partial charge >= 0.3 is 0 Å². The van der Waals surface area contributed by atoms with E-state index >= 15 is 0 Å². The minimum Gasteiger partial charge on any atom is -0.324 e. The highest BCUT2D eigenvalue weighted by atomic mass is 19.1. The van der Waals surface area contributed by atoms with E-state index in [9.17, 15) is 4.39 Å². The first-order valence-corrected chi connectivity index (χ1v) is 5.78. The molecule has 82 valence electrons. The molecule has 0 amide bonds. The summed E-state index contributed by atoms with van der Waals surface area (Å²) in [6, 6.07) is 6.71. The van der Waals surface area contributed by atoms with Crippen LogP contribution in [0.4, 0.5) is 4.39 Å². The van der Waals surface area contributed by atoms with Crippen molar-refractivity contribution in [3.8, 4) is 0 Å². The summed E-state index contributed by atoms with van der Waals surface area (Å²) in [6.07, 6.45) is 6.36. The molecule has 0 spiro atoms. The molecule has 2 N–H and O–H groups in total. The fourth-order valence-corrected chi connectivity index (χ4v) is 2.45. The second-order valence-electron chi connectivity index (χ2n) is 4.48. The monoisotopic (exact) mass is 207 g/mol. The third-order valence-corrected chi connectivity index (χ3v) is 3.41. The lowest BCUT2D eigenvalue weighted by Gasteiger charge is -2.27. The van der Waals surface area contributed by atoms with E-state index in [4.69, 9.17) is 5.73 Å². The second-order valence-corrected chi connectivity index (χ2v) is 4.48. The molecule has 1 fully saturated rings. The first-order chi connectivity index (χ1) is 7.27. The van der Waals surface area contributed by atoms with Gasteiger partial charge in [-0.2, -0.15) is 0 Å². The Kier molecular flexibility index (Phi) is 3.37. The normalized spacial score (nSPS) is 20.1. The molecule has 1 unspecified atom stereocenters. The molecule has 0 radical (unpaired) electrons. The zero-order chi connectivity index (χ0) is 10.7. The van der Waals surface area contributed by atoms with Crippen molar-refractivity contribution in [1.29, 1.82) is 0 Å². The third kappa shape index (κ3) is 2.57. The van der Waals surface area contributed by atoms with Gasteiger partial charge in [0.1, 0.15) is 5.82 Å². The molecule has 1 atom stereocenters. The van der Waals surface area contributed by atoms with E-state index in [2.05, 4.69) is 0 Å². The highest BCUT2D eigenvalue weighted by molar-refractivity contribution is 5.20. The van der Waals surface area contributed by atoms with Crippen LogP contribution in [0, 0.1) is 11.7 Å². The van der Waals surface area contributed by atoms with Crippen LogP contribution in [-0.2, 0) is 0 Å². The number of hydrogen-bond acceptors (Lipinski definition) is 1. The van der Waals surface area contributed by atoms with Gasteiger partial charge in [0, 0.05) is 6.04 Å². The van der Waals surface area contributed by atoms with Crippen molar-refractivity contribution in [3.63, 3.8) is 0 Å². The van der Waals surface area contributed by atoms with Crippen molar-refractivity contribution >= 4 is 0 Å². The molecule has 1 nitrogen and oxygen atoms in total. The van der Waals surface area contributed by atoms with E-state index in [0.717, 1.165) is 5.56 Å². The Bertz CT molecular complexity index is 301. The van der Waals surface area contributed by atoms with Gasteiger partial charge in [-0.25, -0.2) is 4.39 Å². The third-order valence-electron chi connectivity index (χ3n) is 3.41. The van der Waals surface area contributed by atoms with E-state index in [1.54, 1.807) is 0 Å². The lowest BCUT2D eigenvalue weighted by Crippen LogP contribution is -2.23. The zero-order valence-electron chi connectivity index (χ0n) is 8.95. The molecule has 2 heteroatoms. The summed E-state index contributed by atoms with van der Waals surface area (Å²) in [7, 11) is 0. The van der Waals surface area contributed by atoms with Crippen LogP contribution < -0.4 is 5.73 Å². The maximum atomic E-state index is 12.8. The lowest BCUT2D eigenvalue weighted by molar-refractivity contribution is 0.308. The Morgan fingerprint density at radius 1 is 1.07 bits per heavy atom. The molecule has 0 heterocycles. The van der Waals surface area contributed by atoms with Crippen LogP contribution in [-0.4, -0.2) is 0 Å². The van der Waals surface area contributed by atoms with Gasteiger partial charge in [-0.3, -0.25) is 0 Å². The summed E-state index contributed by atoms with van der Waals surface area (Å²) in [4.78, 5) is 0. The van der Waals surface area contributed by atoms with E-state index in [0.29, 0.717) is 5.92 Å². The molecule has 1 aliphatic rings. The maximum absolute atomic E-state index is 12.8. The van der Waals surface area contributed by atoms with Crippen LogP contribution in [0.25, 0.3) is 0 Å². The highest BCUT2D eigenvalue weighted by Crippen LogP contribution is 2.32. The molecule has 0 bridgehead atoms. The number of hydrogen-bond donors (Lipinski definition) is 1. The van der Waals surface area contributed by atoms with Gasteiger partial charge in [0.25, 0.3) is 0 Å². The van der Waals surface area contributed by atoms with Crippen molar-refractivity contribution < 1.29 is 4.39 Å². The number of nitrogens with two attached hydrogens (primary N) is 1. The first-order valence-electron chi connectivity index (χ1n) is 5.78. The fraction of sp³-hybridized carbons (Fsp3) is 0.538. The molecule has 0 saturated heterocycles. The van der Waals surface area contributed by atoms with Gasteiger partial charge in [-0.05, 0) is 36.5 Å². The van der Waals surface area contributed by atoms with Crippen molar-refractivity contribution in [2.75, 3.05) is 0 Å². The van der Waals surface area contributed by atoms with Crippen LogP contribution in [0.2, 0.25) is 0 Å². The predicted octanol–water partition coefficient (Wildman–Crippen LogP) is 3.41. The van der Waals surface area contributed by atoms with Crippen molar-refractivity contribution in [2.24, 2.45) is 11.7 Å². The molecular formula is C13H18FN. The van der Waals surface area contributed by atoms with E-state index in [1.165, 1.54) is 44.2 Å². The lowest BCUT2D eigenvalue weighted by atomic mass is 9.81. The fourth-order valence-electron chi connectivity index (χ4n) is 2.45. The van der Waals surface area contributed by atoms with Gasteiger partial charge < -0.3 is 5.73 Å². The summed E-state index contributed by atoms with van der Waals surface area (Å²) in [5.41, 5.74) is 7.27. The summed E-state index contributed by atoms with van der Waals surface area (Å²) >= 11 is 0. The van der Waals surface area contributed by atoms with Crippen molar-refractivity contribution in [2.45, 2.75) is 38.1 Å². The molecular weight excluding hydrogens is 189 g/mol. The molecule has 1 saturated carbocycles. The molecule has 0 aromatic heterocycles. The molecule has 1 aliphatic carbocycles. The van der Waals surface area contributed by atoms with Gasteiger partial charge in [0.15, 0.2) is 0 Å². The zero-order valence-corrected chi connectivity index (χ0v) is 8.95.